The number of benzene rings is 1. The molecule has 0 aromatic heterocycles. The standard InChI is InChI=1S/C13H20N2O4/c1-19-11-6-7-13(15(17)18)12(10-11)14-8-4-2-3-5-9-16/h6-7,10,14,16H,2-5,8-9H2,1H3. The number of ether oxygens (including phenoxy) is 1. The number of nitrogens with zero attached hydrogens (tertiary/aromatic N) is 1. The summed E-state index contributed by atoms with van der Waals surface area (Å²) in [6.45, 7) is 0.883. The molecule has 1 aromatic rings. The number of anilines is 1. The summed E-state index contributed by atoms with van der Waals surface area (Å²) in [5, 5.41) is 22.6. The molecule has 0 aliphatic heterocycles. The van der Waals surface area contributed by atoms with Crippen molar-refractivity contribution < 1.29 is 14.8 Å². The van der Waals surface area contributed by atoms with Gasteiger partial charge in [-0.3, -0.25) is 10.1 Å². The third-order valence-corrected chi connectivity index (χ3v) is 2.80. The van der Waals surface area contributed by atoms with E-state index in [9.17, 15) is 10.1 Å². The maximum atomic E-state index is 10.9. The lowest BCUT2D eigenvalue weighted by Gasteiger charge is -2.08. The van der Waals surface area contributed by atoms with E-state index in [0.29, 0.717) is 18.0 Å². The Morgan fingerprint density at radius 3 is 2.68 bits per heavy atom. The Kier molecular flexibility index (Phi) is 6.67. The molecule has 0 aliphatic carbocycles. The third kappa shape index (κ3) is 5.13. The lowest BCUT2D eigenvalue weighted by atomic mass is 10.2. The van der Waals surface area contributed by atoms with E-state index in [1.807, 2.05) is 0 Å². The van der Waals surface area contributed by atoms with Crippen LogP contribution in [0.25, 0.3) is 0 Å². The molecule has 0 bridgehead atoms. The molecule has 0 heterocycles. The van der Waals surface area contributed by atoms with Gasteiger partial charge in [-0.25, -0.2) is 0 Å². The number of unbranched alkanes of at least 4 members (excludes halogenated alkanes) is 3. The quantitative estimate of drug-likeness (QED) is 0.408. The number of nitro benzene ring substituents is 1. The first-order valence-corrected chi connectivity index (χ1v) is 6.36. The molecule has 0 amide bonds. The Bertz CT molecular complexity index is 410. The highest BCUT2D eigenvalue weighted by atomic mass is 16.6. The number of rotatable bonds is 9. The minimum Gasteiger partial charge on any atom is -0.497 e. The normalized spacial score (nSPS) is 10.2. The fourth-order valence-electron chi connectivity index (χ4n) is 1.76. The van der Waals surface area contributed by atoms with Crippen LogP contribution in [0.2, 0.25) is 0 Å². The van der Waals surface area contributed by atoms with E-state index < -0.39 is 4.92 Å². The molecule has 0 saturated heterocycles. The van der Waals surface area contributed by atoms with Gasteiger partial charge >= 0.3 is 0 Å². The highest BCUT2D eigenvalue weighted by Gasteiger charge is 2.13. The fraction of sp³-hybridized carbons (Fsp3) is 0.538. The second-order valence-corrected chi connectivity index (χ2v) is 4.20. The summed E-state index contributed by atoms with van der Waals surface area (Å²) in [6, 6.07) is 4.64. The number of aliphatic hydroxyl groups is 1. The average Bonchev–Trinajstić information content (AvgIpc) is 2.42. The second-order valence-electron chi connectivity index (χ2n) is 4.20. The van der Waals surface area contributed by atoms with Crippen LogP contribution < -0.4 is 10.1 Å². The summed E-state index contributed by atoms with van der Waals surface area (Å²) in [5.41, 5.74) is 0.530. The summed E-state index contributed by atoms with van der Waals surface area (Å²) in [7, 11) is 1.53. The molecule has 2 N–H and O–H groups in total. The largest absolute Gasteiger partial charge is 0.497 e. The molecule has 6 heteroatoms. The molecule has 1 rings (SSSR count). The van der Waals surface area contributed by atoms with E-state index in [4.69, 9.17) is 9.84 Å². The summed E-state index contributed by atoms with van der Waals surface area (Å²) in [4.78, 5) is 10.5. The van der Waals surface area contributed by atoms with Crippen molar-refractivity contribution in [3.63, 3.8) is 0 Å². The molecular weight excluding hydrogens is 248 g/mol. The predicted octanol–water partition coefficient (Wildman–Crippen LogP) is 2.57. The van der Waals surface area contributed by atoms with Gasteiger partial charge < -0.3 is 15.2 Å². The van der Waals surface area contributed by atoms with Gasteiger partial charge in [-0.05, 0) is 18.9 Å². The number of methoxy groups -OCH3 is 1. The highest BCUT2D eigenvalue weighted by molar-refractivity contribution is 5.64. The first-order valence-electron chi connectivity index (χ1n) is 6.36. The molecule has 0 atom stereocenters. The van der Waals surface area contributed by atoms with E-state index in [-0.39, 0.29) is 12.3 Å². The van der Waals surface area contributed by atoms with Gasteiger partial charge in [-0.15, -0.1) is 0 Å². The van der Waals surface area contributed by atoms with Gasteiger partial charge in [0, 0.05) is 25.3 Å². The van der Waals surface area contributed by atoms with Crippen molar-refractivity contribution in [2.75, 3.05) is 25.6 Å². The molecule has 0 unspecified atom stereocenters. The van der Waals surface area contributed by atoms with Gasteiger partial charge in [0.15, 0.2) is 0 Å². The summed E-state index contributed by atoms with van der Waals surface area (Å²) >= 11 is 0. The summed E-state index contributed by atoms with van der Waals surface area (Å²) in [6.07, 6.45) is 3.68. The maximum Gasteiger partial charge on any atom is 0.292 e. The Morgan fingerprint density at radius 1 is 1.32 bits per heavy atom. The molecule has 0 aliphatic rings. The van der Waals surface area contributed by atoms with Crippen molar-refractivity contribution in [1.29, 1.82) is 0 Å². The zero-order valence-corrected chi connectivity index (χ0v) is 11.1. The Balaban J connectivity index is 2.52. The molecule has 0 saturated carbocycles. The Hall–Kier alpha value is -1.82. The highest BCUT2D eigenvalue weighted by Crippen LogP contribution is 2.28. The predicted molar refractivity (Wildman–Crippen MR) is 73.7 cm³/mol. The van der Waals surface area contributed by atoms with Gasteiger partial charge in [0.25, 0.3) is 5.69 Å². The zero-order chi connectivity index (χ0) is 14.1. The van der Waals surface area contributed by atoms with Crippen LogP contribution >= 0.6 is 0 Å². The van der Waals surface area contributed by atoms with Crippen LogP contribution in [0, 0.1) is 10.1 Å². The lowest BCUT2D eigenvalue weighted by molar-refractivity contribution is -0.384. The molecular formula is C13H20N2O4. The minimum atomic E-state index is -0.409. The number of hydrogen-bond donors (Lipinski definition) is 2. The SMILES string of the molecule is COc1ccc([N+](=O)[O-])c(NCCCCCCO)c1. The van der Waals surface area contributed by atoms with Gasteiger partial charge in [-0.1, -0.05) is 12.8 Å². The first kappa shape index (κ1) is 15.2. The number of nitro groups is 1. The zero-order valence-electron chi connectivity index (χ0n) is 11.1. The molecule has 6 nitrogen and oxygen atoms in total. The summed E-state index contributed by atoms with van der Waals surface area (Å²) < 4.78 is 5.06. The van der Waals surface area contributed by atoms with Crippen molar-refractivity contribution in [1.82, 2.24) is 0 Å². The Labute approximate surface area is 112 Å². The van der Waals surface area contributed by atoms with E-state index in [2.05, 4.69) is 5.32 Å². The monoisotopic (exact) mass is 268 g/mol. The molecule has 0 radical (unpaired) electrons. The molecule has 106 valence electrons. The average molecular weight is 268 g/mol. The Morgan fingerprint density at radius 2 is 2.05 bits per heavy atom. The number of hydrogen-bond acceptors (Lipinski definition) is 5. The van der Waals surface area contributed by atoms with Crippen molar-refractivity contribution in [2.24, 2.45) is 0 Å². The van der Waals surface area contributed by atoms with Crippen LogP contribution in [-0.2, 0) is 0 Å². The van der Waals surface area contributed by atoms with E-state index in [1.165, 1.54) is 13.2 Å². The molecule has 19 heavy (non-hydrogen) atoms. The van der Waals surface area contributed by atoms with Crippen molar-refractivity contribution in [3.8, 4) is 5.75 Å². The van der Waals surface area contributed by atoms with Crippen molar-refractivity contribution in [2.45, 2.75) is 25.7 Å². The van der Waals surface area contributed by atoms with Gasteiger partial charge in [0.1, 0.15) is 11.4 Å². The topological polar surface area (TPSA) is 84.6 Å². The van der Waals surface area contributed by atoms with Crippen molar-refractivity contribution in [3.05, 3.63) is 28.3 Å². The summed E-state index contributed by atoms with van der Waals surface area (Å²) in [5.74, 6) is 0.591. The van der Waals surface area contributed by atoms with Crippen LogP contribution in [0.1, 0.15) is 25.7 Å². The van der Waals surface area contributed by atoms with Gasteiger partial charge in [0.05, 0.1) is 12.0 Å². The van der Waals surface area contributed by atoms with Crippen LogP contribution in [0.15, 0.2) is 18.2 Å². The molecule has 0 spiro atoms. The minimum absolute atomic E-state index is 0.0520. The fourth-order valence-corrected chi connectivity index (χ4v) is 1.76. The van der Waals surface area contributed by atoms with Crippen LogP contribution in [0.5, 0.6) is 5.75 Å². The third-order valence-electron chi connectivity index (χ3n) is 2.80. The van der Waals surface area contributed by atoms with E-state index >= 15 is 0 Å². The van der Waals surface area contributed by atoms with Crippen LogP contribution in [-0.4, -0.2) is 30.3 Å². The van der Waals surface area contributed by atoms with E-state index in [1.54, 1.807) is 12.1 Å². The molecule has 1 aromatic carbocycles. The van der Waals surface area contributed by atoms with E-state index in [0.717, 1.165) is 25.7 Å². The van der Waals surface area contributed by atoms with Crippen LogP contribution in [0.4, 0.5) is 11.4 Å². The van der Waals surface area contributed by atoms with Gasteiger partial charge in [-0.2, -0.15) is 0 Å². The second kappa shape index (κ2) is 8.31. The van der Waals surface area contributed by atoms with Crippen LogP contribution in [0.3, 0.4) is 0 Å². The number of nitrogens with one attached hydrogen (secondary N) is 1. The lowest BCUT2D eigenvalue weighted by Crippen LogP contribution is -2.04. The van der Waals surface area contributed by atoms with Gasteiger partial charge in [0.2, 0.25) is 0 Å². The smallest absolute Gasteiger partial charge is 0.292 e. The first-order chi connectivity index (χ1) is 9.19. The van der Waals surface area contributed by atoms with Crippen molar-refractivity contribution >= 4 is 11.4 Å². The maximum absolute atomic E-state index is 10.9. The molecule has 0 fully saturated rings. The number of aliphatic hydroxyl groups excluding tert-OH is 1.